The molecule has 0 bridgehead atoms. The van der Waals surface area contributed by atoms with E-state index in [4.69, 9.17) is 4.74 Å². The molecule has 1 aliphatic carbocycles. The van der Waals surface area contributed by atoms with Crippen LogP contribution < -0.4 is 4.74 Å². The Balaban J connectivity index is 1.89. The van der Waals surface area contributed by atoms with Gasteiger partial charge in [0, 0.05) is 17.5 Å². The van der Waals surface area contributed by atoms with Crippen molar-refractivity contribution >= 4 is 28.4 Å². The summed E-state index contributed by atoms with van der Waals surface area (Å²) in [6.07, 6.45) is 0.864. The summed E-state index contributed by atoms with van der Waals surface area (Å²) in [5.74, 6) is -0.108. The zero-order chi connectivity index (χ0) is 14.1. The summed E-state index contributed by atoms with van der Waals surface area (Å²) in [5, 5.41) is 0. The van der Waals surface area contributed by atoms with Crippen LogP contribution in [0.1, 0.15) is 27.9 Å². The van der Waals surface area contributed by atoms with Crippen LogP contribution in [0.4, 0.5) is 4.39 Å². The molecule has 0 aromatic heterocycles. The molecule has 1 aliphatic rings. The van der Waals surface area contributed by atoms with Gasteiger partial charge in [-0.15, -0.1) is 0 Å². The van der Waals surface area contributed by atoms with Gasteiger partial charge in [0.25, 0.3) is 0 Å². The first kappa shape index (κ1) is 13.5. The Morgan fingerprint density at radius 1 is 1.20 bits per heavy atom. The van der Waals surface area contributed by atoms with E-state index in [9.17, 15) is 9.18 Å². The van der Waals surface area contributed by atoms with E-state index in [2.05, 4.69) is 0 Å². The molecule has 4 heteroatoms. The Hall–Kier alpha value is -1.43. The standard InChI is InChI=1S/C16H12FIO2/c17-15-11-6-7-14(19)12(11)8-13(18)16(15)20-9-10-4-2-1-3-5-10/h1-5,8H,6-7,9H2. The van der Waals surface area contributed by atoms with Gasteiger partial charge in [-0.05, 0) is 40.6 Å². The van der Waals surface area contributed by atoms with Gasteiger partial charge in [-0.2, -0.15) is 0 Å². The quantitative estimate of drug-likeness (QED) is 0.746. The fraction of sp³-hybridized carbons (Fsp3) is 0.188. The van der Waals surface area contributed by atoms with Crippen LogP contribution >= 0.6 is 22.6 Å². The minimum Gasteiger partial charge on any atom is -0.485 e. The van der Waals surface area contributed by atoms with Gasteiger partial charge in [0.05, 0.1) is 3.57 Å². The number of carbonyl (C=O) groups is 1. The zero-order valence-corrected chi connectivity index (χ0v) is 12.8. The number of fused-ring (bicyclic) bond motifs is 1. The summed E-state index contributed by atoms with van der Waals surface area (Å²) in [4.78, 5) is 11.6. The van der Waals surface area contributed by atoms with Crippen LogP contribution in [0.3, 0.4) is 0 Å². The molecule has 0 atom stereocenters. The Labute approximate surface area is 130 Å². The number of ketones is 1. The van der Waals surface area contributed by atoms with Crippen LogP contribution in [-0.2, 0) is 13.0 Å². The van der Waals surface area contributed by atoms with E-state index < -0.39 is 0 Å². The lowest BCUT2D eigenvalue weighted by Crippen LogP contribution is -2.03. The Bertz CT molecular complexity index is 668. The summed E-state index contributed by atoms with van der Waals surface area (Å²) in [7, 11) is 0. The van der Waals surface area contributed by atoms with E-state index in [-0.39, 0.29) is 17.3 Å². The minimum atomic E-state index is -0.381. The molecule has 0 heterocycles. The summed E-state index contributed by atoms with van der Waals surface area (Å²) in [6, 6.07) is 11.4. The molecule has 0 radical (unpaired) electrons. The fourth-order valence-electron chi connectivity index (χ4n) is 2.37. The van der Waals surface area contributed by atoms with Crippen molar-refractivity contribution in [2.24, 2.45) is 0 Å². The fourth-order valence-corrected chi connectivity index (χ4v) is 3.07. The second kappa shape index (κ2) is 5.52. The Morgan fingerprint density at radius 3 is 2.70 bits per heavy atom. The number of Topliss-reactive ketones (excluding diaryl/α,β-unsaturated/α-hetero) is 1. The summed E-state index contributed by atoms with van der Waals surface area (Å²) in [6.45, 7) is 0.320. The van der Waals surface area contributed by atoms with Crippen LogP contribution in [0.2, 0.25) is 0 Å². The average Bonchev–Trinajstić information content (AvgIpc) is 2.81. The SMILES string of the molecule is O=C1CCc2c1cc(I)c(OCc1ccccc1)c2F. The molecule has 0 N–H and O–H groups in total. The highest BCUT2D eigenvalue weighted by atomic mass is 127. The average molecular weight is 382 g/mol. The number of hydrogen-bond acceptors (Lipinski definition) is 2. The van der Waals surface area contributed by atoms with Crippen molar-refractivity contribution in [2.45, 2.75) is 19.4 Å². The number of halogens is 2. The first-order chi connectivity index (χ1) is 9.66. The first-order valence-corrected chi connectivity index (χ1v) is 7.45. The molecule has 3 rings (SSSR count). The Kier molecular flexibility index (Phi) is 3.74. The predicted octanol–water partition coefficient (Wildman–Crippen LogP) is 4.14. The maximum absolute atomic E-state index is 14.4. The van der Waals surface area contributed by atoms with E-state index >= 15 is 0 Å². The van der Waals surface area contributed by atoms with Crippen molar-refractivity contribution in [3.8, 4) is 5.75 Å². The first-order valence-electron chi connectivity index (χ1n) is 6.37. The molecule has 2 aromatic carbocycles. The van der Waals surface area contributed by atoms with Crippen molar-refractivity contribution in [2.75, 3.05) is 0 Å². The van der Waals surface area contributed by atoms with Crippen LogP contribution in [-0.4, -0.2) is 5.78 Å². The molecule has 0 saturated heterocycles. The molecule has 0 spiro atoms. The van der Waals surface area contributed by atoms with Gasteiger partial charge in [-0.3, -0.25) is 4.79 Å². The maximum Gasteiger partial charge on any atom is 0.170 e. The molecule has 0 fully saturated rings. The van der Waals surface area contributed by atoms with Crippen molar-refractivity contribution < 1.29 is 13.9 Å². The molecule has 0 saturated carbocycles. The molecular weight excluding hydrogens is 370 g/mol. The largest absolute Gasteiger partial charge is 0.485 e. The smallest absolute Gasteiger partial charge is 0.170 e. The van der Waals surface area contributed by atoms with Crippen molar-refractivity contribution in [1.29, 1.82) is 0 Å². The van der Waals surface area contributed by atoms with Gasteiger partial charge in [-0.25, -0.2) is 4.39 Å². The van der Waals surface area contributed by atoms with Gasteiger partial charge in [-0.1, -0.05) is 30.3 Å². The molecular formula is C16H12FIO2. The molecule has 0 amide bonds. The highest BCUT2D eigenvalue weighted by molar-refractivity contribution is 14.1. The molecule has 0 aliphatic heterocycles. The number of benzene rings is 2. The zero-order valence-electron chi connectivity index (χ0n) is 10.7. The lowest BCUT2D eigenvalue weighted by Gasteiger charge is -2.12. The third-order valence-corrected chi connectivity index (χ3v) is 4.21. The van der Waals surface area contributed by atoms with Crippen molar-refractivity contribution in [3.63, 3.8) is 0 Å². The van der Waals surface area contributed by atoms with E-state index in [1.54, 1.807) is 6.07 Å². The van der Waals surface area contributed by atoms with Crippen LogP contribution in [0.5, 0.6) is 5.75 Å². The molecule has 2 nitrogen and oxygen atoms in total. The van der Waals surface area contributed by atoms with E-state index in [1.807, 2.05) is 52.9 Å². The number of ether oxygens (including phenoxy) is 1. The summed E-state index contributed by atoms with van der Waals surface area (Å²) in [5.41, 5.74) is 2.00. The van der Waals surface area contributed by atoms with Crippen LogP contribution in [0.25, 0.3) is 0 Å². The van der Waals surface area contributed by atoms with Gasteiger partial charge >= 0.3 is 0 Å². The van der Waals surface area contributed by atoms with Crippen molar-refractivity contribution in [3.05, 3.63) is 62.5 Å². The van der Waals surface area contributed by atoms with E-state index in [0.717, 1.165) is 5.56 Å². The number of hydrogen-bond donors (Lipinski definition) is 0. The predicted molar refractivity (Wildman–Crippen MR) is 82.5 cm³/mol. The highest BCUT2D eigenvalue weighted by Crippen LogP contribution is 2.35. The van der Waals surface area contributed by atoms with Gasteiger partial charge in [0.15, 0.2) is 17.3 Å². The maximum atomic E-state index is 14.4. The third kappa shape index (κ3) is 2.44. The Morgan fingerprint density at radius 2 is 1.95 bits per heavy atom. The van der Waals surface area contributed by atoms with Crippen LogP contribution in [0.15, 0.2) is 36.4 Å². The van der Waals surface area contributed by atoms with Gasteiger partial charge in [0.1, 0.15) is 6.61 Å². The lowest BCUT2D eigenvalue weighted by molar-refractivity contribution is 0.0994. The molecule has 2 aromatic rings. The van der Waals surface area contributed by atoms with Gasteiger partial charge < -0.3 is 4.74 Å². The van der Waals surface area contributed by atoms with E-state index in [0.29, 0.717) is 34.1 Å². The van der Waals surface area contributed by atoms with Crippen LogP contribution in [0, 0.1) is 9.39 Å². The minimum absolute atomic E-state index is 0.0198. The second-order valence-electron chi connectivity index (χ2n) is 4.73. The number of rotatable bonds is 3. The second-order valence-corrected chi connectivity index (χ2v) is 5.89. The van der Waals surface area contributed by atoms with Crippen molar-refractivity contribution in [1.82, 2.24) is 0 Å². The topological polar surface area (TPSA) is 26.3 Å². The highest BCUT2D eigenvalue weighted by Gasteiger charge is 2.27. The molecule has 102 valence electrons. The monoisotopic (exact) mass is 382 g/mol. The molecule has 0 unspecified atom stereocenters. The number of carbonyl (C=O) groups excluding carboxylic acids is 1. The van der Waals surface area contributed by atoms with Gasteiger partial charge in [0.2, 0.25) is 0 Å². The molecule has 20 heavy (non-hydrogen) atoms. The normalized spacial score (nSPS) is 13.4. The third-order valence-electron chi connectivity index (χ3n) is 3.41. The summed E-state index contributed by atoms with van der Waals surface area (Å²) >= 11 is 2.01. The summed E-state index contributed by atoms with van der Waals surface area (Å²) < 4.78 is 20.7. The lowest BCUT2D eigenvalue weighted by atomic mass is 10.1. The van der Waals surface area contributed by atoms with E-state index in [1.165, 1.54) is 0 Å².